The smallest absolute Gasteiger partial charge is 0.220 e. The van der Waals surface area contributed by atoms with Crippen molar-refractivity contribution in [2.45, 2.75) is 52.4 Å². The van der Waals surface area contributed by atoms with Gasteiger partial charge in [0, 0.05) is 26.1 Å². The second-order valence-corrected chi connectivity index (χ2v) is 6.10. The molecule has 5 nitrogen and oxygen atoms in total. The predicted octanol–water partition coefficient (Wildman–Crippen LogP) is 1.63. The van der Waals surface area contributed by atoms with Crippen molar-refractivity contribution < 1.29 is 4.79 Å². The Morgan fingerprint density at radius 2 is 1.85 bits per heavy atom. The number of carbonyl (C=O) groups is 1. The Bertz CT molecular complexity index is 309. The van der Waals surface area contributed by atoms with Crippen LogP contribution < -0.4 is 16.4 Å². The van der Waals surface area contributed by atoms with Gasteiger partial charge in [-0.15, -0.1) is 0 Å². The van der Waals surface area contributed by atoms with Crippen molar-refractivity contribution in [1.82, 2.24) is 10.6 Å². The number of nitrogens with one attached hydrogen (secondary N) is 2. The minimum atomic E-state index is 0.163. The first-order valence-electron chi connectivity index (χ1n) is 7.88. The molecule has 1 fully saturated rings. The molecule has 0 spiro atoms. The molecule has 0 aliphatic heterocycles. The number of hydrogen-bond donors (Lipinski definition) is 3. The zero-order valence-corrected chi connectivity index (χ0v) is 13.0. The molecular formula is C15H30N4O. The summed E-state index contributed by atoms with van der Waals surface area (Å²) < 4.78 is 0. The monoisotopic (exact) mass is 282 g/mol. The van der Waals surface area contributed by atoms with Crippen molar-refractivity contribution in [3.8, 4) is 0 Å². The maximum Gasteiger partial charge on any atom is 0.220 e. The van der Waals surface area contributed by atoms with Crippen molar-refractivity contribution in [3.05, 3.63) is 0 Å². The van der Waals surface area contributed by atoms with E-state index in [9.17, 15) is 4.79 Å². The van der Waals surface area contributed by atoms with E-state index in [-0.39, 0.29) is 5.91 Å². The van der Waals surface area contributed by atoms with Gasteiger partial charge in [-0.05, 0) is 24.7 Å². The fourth-order valence-electron chi connectivity index (χ4n) is 2.45. The van der Waals surface area contributed by atoms with Crippen LogP contribution in [0, 0.1) is 11.8 Å². The molecule has 1 rings (SSSR count). The molecule has 0 heterocycles. The zero-order valence-electron chi connectivity index (χ0n) is 13.0. The number of guanidine groups is 1. The molecular weight excluding hydrogens is 252 g/mol. The fourth-order valence-corrected chi connectivity index (χ4v) is 2.45. The van der Waals surface area contributed by atoms with Crippen LogP contribution >= 0.6 is 0 Å². The first-order chi connectivity index (χ1) is 9.58. The Balaban J connectivity index is 2.05. The SMILES string of the molecule is CC(C)CN=C(N)NCCNC(=O)CC1CCCCC1. The number of rotatable bonds is 7. The van der Waals surface area contributed by atoms with Crippen molar-refractivity contribution in [1.29, 1.82) is 0 Å². The van der Waals surface area contributed by atoms with Crippen molar-refractivity contribution in [2.24, 2.45) is 22.6 Å². The highest BCUT2D eigenvalue weighted by atomic mass is 16.1. The van der Waals surface area contributed by atoms with Gasteiger partial charge in [0.05, 0.1) is 0 Å². The standard InChI is InChI=1S/C15H30N4O/c1-12(2)11-19-15(16)18-9-8-17-14(20)10-13-6-4-3-5-7-13/h12-13H,3-11H2,1-2H3,(H,17,20)(H3,16,18,19). The number of amides is 1. The van der Waals surface area contributed by atoms with E-state index in [4.69, 9.17) is 5.73 Å². The third-order valence-electron chi connectivity index (χ3n) is 3.58. The van der Waals surface area contributed by atoms with Crippen LogP contribution in [0.4, 0.5) is 0 Å². The molecule has 1 saturated carbocycles. The lowest BCUT2D eigenvalue weighted by atomic mass is 9.87. The van der Waals surface area contributed by atoms with Crippen LogP contribution in [-0.2, 0) is 4.79 Å². The van der Waals surface area contributed by atoms with Crippen LogP contribution in [0.3, 0.4) is 0 Å². The van der Waals surface area contributed by atoms with E-state index < -0.39 is 0 Å². The number of nitrogens with two attached hydrogens (primary N) is 1. The van der Waals surface area contributed by atoms with E-state index in [0.717, 1.165) is 6.54 Å². The predicted molar refractivity (Wildman–Crippen MR) is 83.5 cm³/mol. The second kappa shape index (κ2) is 9.61. The minimum Gasteiger partial charge on any atom is -0.370 e. The summed E-state index contributed by atoms with van der Waals surface area (Å²) in [4.78, 5) is 16.0. The topological polar surface area (TPSA) is 79.5 Å². The van der Waals surface area contributed by atoms with Crippen LogP contribution in [0.1, 0.15) is 52.4 Å². The summed E-state index contributed by atoms with van der Waals surface area (Å²) in [5, 5.41) is 5.95. The lowest BCUT2D eigenvalue weighted by Gasteiger charge is -2.20. The molecule has 1 amide bonds. The summed E-state index contributed by atoms with van der Waals surface area (Å²) in [5.41, 5.74) is 5.71. The highest BCUT2D eigenvalue weighted by molar-refractivity contribution is 5.78. The van der Waals surface area contributed by atoms with E-state index in [1.165, 1.54) is 32.1 Å². The minimum absolute atomic E-state index is 0.163. The maximum atomic E-state index is 11.8. The summed E-state index contributed by atoms with van der Waals surface area (Å²) in [6, 6.07) is 0. The molecule has 0 radical (unpaired) electrons. The summed E-state index contributed by atoms with van der Waals surface area (Å²) in [6.07, 6.45) is 6.99. The molecule has 1 aliphatic rings. The lowest BCUT2D eigenvalue weighted by molar-refractivity contribution is -0.122. The molecule has 5 heteroatoms. The van der Waals surface area contributed by atoms with Gasteiger partial charge < -0.3 is 16.4 Å². The molecule has 0 unspecified atom stereocenters. The summed E-state index contributed by atoms with van der Waals surface area (Å²) >= 11 is 0. The second-order valence-electron chi connectivity index (χ2n) is 6.10. The molecule has 0 aromatic heterocycles. The molecule has 0 aromatic rings. The van der Waals surface area contributed by atoms with Gasteiger partial charge in [-0.25, -0.2) is 0 Å². The normalized spacial score (nSPS) is 17.2. The zero-order chi connectivity index (χ0) is 14.8. The van der Waals surface area contributed by atoms with E-state index in [1.54, 1.807) is 0 Å². The molecule has 20 heavy (non-hydrogen) atoms. The molecule has 116 valence electrons. The Kier molecular flexibility index (Phi) is 8.07. The van der Waals surface area contributed by atoms with E-state index in [2.05, 4.69) is 29.5 Å². The van der Waals surface area contributed by atoms with Gasteiger partial charge in [0.15, 0.2) is 5.96 Å². The Morgan fingerprint density at radius 3 is 2.50 bits per heavy atom. The van der Waals surface area contributed by atoms with Gasteiger partial charge >= 0.3 is 0 Å². The van der Waals surface area contributed by atoms with Crippen LogP contribution in [0.2, 0.25) is 0 Å². The summed E-state index contributed by atoms with van der Waals surface area (Å²) in [7, 11) is 0. The van der Waals surface area contributed by atoms with Gasteiger partial charge in [0.25, 0.3) is 0 Å². The number of nitrogens with zero attached hydrogens (tertiary/aromatic N) is 1. The van der Waals surface area contributed by atoms with Gasteiger partial charge in [0.1, 0.15) is 0 Å². The van der Waals surface area contributed by atoms with Crippen molar-refractivity contribution in [2.75, 3.05) is 19.6 Å². The van der Waals surface area contributed by atoms with E-state index in [0.29, 0.717) is 37.3 Å². The van der Waals surface area contributed by atoms with Crippen LogP contribution in [0.25, 0.3) is 0 Å². The third kappa shape index (κ3) is 8.02. The number of hydrogen-bond acceptors (Lipinski definition) is 2. The summed E-state index contributed by atoms with van der Waals surface area (Å²) in [5.74, 6) is 1.72. The van der Waals surface area contributed by atoms with Gasteiger partial charge in [-0.1, -0.05) is 33.1 Å². The Hall–Kier alpha value is -1.26. The molecule has 0 atom stereocenters. The maximum absolute atomic E-state index is 11.8. The Morgan fingerprint density at radius 1 is 1.20 bits per heavy atom. The fraction of sp³-hybridized carbons (Fsp3) is 0.867. The first-order valence-corrected chi connectivity index (χ1v) is 7.88. The molecule has 0 saturated heterocycles. The van der Waals surface area contributed by atoms with Crippen molar-refractivity contribution in [3.63, 3.8) is 0 Å². The van der Waals surface area contributed by atoms with Gasteiger partial charge in [0.2, 0.25) is 5.91 Å². The highest BCUT2D eigenvalue weighted by Gasteiger charge is 2.16. The lowest BCUT2D eigenvalue weighted by Crippen LogP contribution is -2.39. The molecule has 0 bridgehead atoms. The average molecular weight is 282 g/mol. The van der Waals surface area contributed by atoms with Crippen LogP contribution in [0.15, 0.2) is 4.99 Å². The Labute approximate surface area is 122 Å². The molecule has 0 aromatic carbocycles. The van der Waals surface area contributed by atoms with Gasteiger partial charge in [-0.2, -0.15) is 0 Å². The van der Waals surface area contributed by atoms with E-state index in [1.807, 2.05) is 0 Å². The average Bonchev–Trinajstić information content (AvgIpc) is 2.42. The number of aliphatic imine (C=N–C) groups is 1. The van der Waals surface area contributed by atoms with Crippen LogP contribution in [0.5, 0.6) is 0 Å². The van der Waals surface area contributed by atoms with E-state index >= 15 is 0 Å². The first kappa shape index (κ1) is 16.8. The quantitative estimate of drug-likeness (QED) is 0.377. The van der Waals surface area contributed by atoms with Crippen LogP contribution in [-0.4, -0.2) is 31.5 Å². The largest absolute Gasteiger partial charge is 0.370 e. The highest BCUT2D eigenvalue weighted by Crippen LogP contribution is 2.25. The summed E-state index contributed by atoms with van der Waals surface area (Å²) in [6.45, 7) is 6.16. The number of carbonyl (C=O) groups excluding carboxylic acids is 1. The molecule has 4 N–H and O–H groups in total. The van der Waals surface area contributed by atoms with Crippen molar-refractivity contribution >= 4 is 11.9 Å². The third-order valence-corrected chi connectivity index (χ3v) is 3.58. The van der Waals surface area contributed by atoms with Gasteiger partial charge in [-0.3, -0.25) is 9.79 Å². The molecule has 1 aliphatic carbocycles.